The average Bonchev–Trinajstić information content (AvgIpc) is 2.53. The second kappa shape index (κ2) is 7.67. The smallest absolute Gasteiger partial charge is 0.262 e. The Balaban J connectivity index is 2.02. The summed E-state index contributed by atoms with van der Waals surface area (Å²) < 4.78 is 30.9. The lowest BCUT2D eigenvalue weighted by molar-refractivity contribution is -0.118. The minimum Gasteiger partial charge on any atom is -0.483 e. The third-order valence-corrected chi connectivity index (χ3v) is 5.40. The maximum absolute atomic E-state index is 12.1. The summed E-state index contributed by atoms with van der Waals surface area (Å²) in [5.41, 5.74) is 2.40. The van der Waals surface area contributed by atoms with Crippen LogP contribution in [0.15, 0.2) is 47.4 Å². The molecule has 2 rings (SSSR count). The fraction of sp³-hybridized carbons (Fsp3) is 0.278. The van der Waals surface area contributed by atoms with Gasteiger partial charge in [-0.05, 0) is 55.3 Å². The average molecular weight is 362 g/mol. The van der Waals surface area contributed by atoms with E-state index >= 15 is 0 Å². The van der Waals surface area contributed by atoms with E-state index in [0.717, 1.165) is 9.87 Å². The van der Waals surface area contributed by atoms with Gasteiger partial charge in [-0.3, -0.25) is 4.79 Å². The number of nitrogens with zero attached hydrogens (tertiary/aromatic N) is 1. The maximum Gasteiger partial charge on any atom is 0.262 e. The highest BCUT2D eigenvalue weighted by atomic mass is 32.2. The first-order valence-electron chi connectivity index (χ1n) is 7.72. The predicted molar refractivity (Wildman–Crippen MR) is 97.4 cm³/mol. The molecule has 0 atom stereocenters. The van der Waals surface area contributed by atoms with Crippen molar-refractivity contribution in [3.05, 3.63) is 53.6 Å². The zero-order valence-corrected chi connectivity index (χ0v) is 15.6. The number of carbonyl (C=O) groups is 1. The molecular weight excluding hydrogens is 340 g/mol. The van der Waals surface area contributed by atoms with Crippen molar-refractivity contribution in [3.8, 4) is 5.75 Å². The molecule has 0 saturated carbocycles. The molecule has 7 heteroatoms. The molecule has 1 N–H and O–H groups in total. The van der Waals surface area contributed by atoms with Crippen LogP contribution in [0.2, 0.25) is 0 Å². The molecule has 0 heterocycles. The van der Waals surface area contributed by atoms with Crippen molar-refractivity contribution >= 4 is 21.6 Å². The Labute approximate surface area is 148 Å². The monoisotopic (exact) mass is 362 g/mol. The summed E-state index contributed by atoms with van der Waals surface area (Å²) in [6.07, 6.45) is 0. The van der Waals surface area contributed by atoms with E-state index in [1.807, 2.05) is 25.1 Å². The van der Waals surface area contributed by atoms with Crippen molar-refractivity contribution < 1.29 is 17.9 Å². The summed E-state index contributed by atoms with van der Waals surface area (Å²) in [5.74, 6) is 0.187. The van der Waals surface area contributed by atoms with Crippen LogP contribution in [-0.2, 0) is 14.8 Å². The quantitative estimate of drug-likeness (QED) is 0.857. The van der Waals surface area contributed by atoms with Crippen LogP contribution in [0.5, 0.6) is 5.75 Å². The van der Waals surface area contributed by atoms with E-state index in [2.05, 4.69) is 5.32 Å². The first-order valence-corrected chi connectivity index (χ1v) is 9.16. The molecule has 0 fully saturated rings. The summed E-state index contributed by atoms with van der Waals surface area (Å²) >= 11 is 0. The number of sulfonamides is 1. The fourth-order valence-electron chi connectivity index (χ4n) is 2.22. The Hall–Kier alpha value is -2.38. The highest BCUT2D eigenvalue weighted by Gasteiger charge is 2.18. The zero-order chi connectivity index (χ0) is 18.6. The fourth-order valence-corrected chi connectivity index (χ4v) is 3.21. The first-order chi connectivity index (χ1) is 11.7. The molecule has 1 amide bonds. The molecule has 0 aliphatic heterocycles. The predicted octanol–water partition coefficient (Wildman–Crippen LogP) is 2.57. The molecule has 0 aliphatic rings. The number of hydrogen-bond donors (Lipinski definition) is 1. The van der Waals surface area contributed by atoms with Gasteiger partial charge >= 0.3 is 0 Å². The number of rotatable bonds is 6. The molecule has 2 aromatic carbocycles. The minimum absolute atomic E-state index is 0.158. The zero-order valence-electron chi connectivity index (χ0n) is 14.7. The van der Waals surface area contributed by atoms with Crippen molar-refractivity contribution in [1.29, 1.82) is 0 Å². The van der Waals surface area contributed by atoms with Gasteiger partial charge in [-0.2, -0.15) is 0 Å². The van der Waals surface area contributed by atoms with E-state index in [-0.39, 0.29) is 17.4 Å². The van der Waals surface area contributed by atoms with Crippen molar-refractivity contribution in [2.24, 2.45) is 0 Å². The van der Waals surface area contributed by atoms with Gasteiger partial charge in [0.25, 0.3) is 5.91 Å². The molecule has 25 heavy (non-hydrogen) atoms. The number of aryl methyl sites for hydroxylation is 2. The van der Waals surface area contributed by atoms with E-state index in [4.69, 9.17) is 4.74 Å². The number of hydrogen-bond acceptors (Lipinski definition) is 4. The highest BCUT2D eigenvalue weighted by Crippen LogP contribution is 2.23. The molecule has 0 aromatic heterocycles. The number of carbonyl (C=O) groups excluding carboxylic acids is 1. The highest BCUT2D eigenvalue weighted by molar-refractivity contribution is 7.89. The molecule has 0 aliphatic carbocycles. The molecule has 134 valence electrons. The second-order valence-electron chi connectivity index (χ2n) is 5.92. The van der Waals surface area contributed by atoms with E-state index in [1.165, 1.54) is 26.2 Å². The van der Waals surface area contributed by atoms with Crippen molar-refractivity contribution in [3.63, 3.8) is 0 Å². The summed E-state index contributed by atoms with van der Waals surface area (Å²) in [6, 6.07) is 12.0. The molecule has 0 saturated heterocycles. The summed E-state index contributed by atoms with van der Waals surface area (Å²) in [4.78, 5) is 12.2. The SMILES string of the molecule is Cc1cccc(NC(=O)COc2ccc(S(=O)(=O)N(C)C)cc2C)c1. The third-order valence-electron chi connectivity index (χ3n) is 3.59. The number of nitrogens with one attached hydrogen (secondary N) is 1. The lowest BCUT2D eigenvalue weighted by Crippen LogP contribution is -2.22. The number of ether oxygens (including phenoxy) is 1. The van der Waals surface area contributed by atoms with Gasteiger partial charge < -0.3 is 10.1 Å². The molecule has 0 spiro atoms. The van der Waals surface area contributed by atoms with Gasteiger partial charge in [0.2, 0.25) is 10.0 Å². The van der Waals surface area contributed by atoms with Crippen LogP contribution in [0.25, 0.3) is 0 Å². The second-order valence-corrected chi connectivity index (χ2v) is 8.07. The van der Waals surface area contributed by atoms with Gasteiger partial charge in [0.05, 0.1) is 4.90 Å². The van der Waals surface area contributed by atoms with E-state index in [0.29, 0.717) is 17.0 Å². The molecule has 6 nitrogen and oxygen atoms in total. The lowest BCUT2D eigenvalue weighted by Gasteiger charge is -2.14. The van der Waals surface area contributed by atoms with Crippen LogP contribution in [0, 0.1) is 13.8 Å². The van der Waals surface area contributed by atoms with Gasteiger partial charge in [0, 0.05) is 19.8 Å². The lowest BCUT2D eigenvalue weighted by atomic mass is 10.2. The van der Waals surface area contributed by atoms with Crippen molar-refractivity contribution in [2.75, 3.05) is 26.0 Å². The van der Waals surface area contributed by atoms with Gasteiger partial charge in [-0.1, -0.05) is 12.1 Å². The normalized spacial score (nSPS) is 11.4. The van der Waals surface area contributed by atoms with Crippen LogP contribution in [0.3, 0.4) is 0 Å². The summed E-state index contributed by atoms with van der Waals surface area (Å²) in [5, 5.41) is 2.76. The van der Waals surface area contributed by atoms with Crippen LogP contribution in [0.4, 0.5) is 5.69 Å². The van der Waals surface area contributed by atoms with Crippen LogP contribution in [-0.4, -0.2) is 39.3 Å². The first kappa shape index (κ1) is 19.0. The van der Waals surface area contributed by atoms with Crippen LogP contribution >= 0.6 is 0 Å². The Morgan fingerprint density at radius 2 is 1.84 bits per heavy atom. The Bertz CT molecular complexity index is 876. The third kappa shape index (κ3) is 4.80. The molecule has 0 bridgehead atoms. The van der Waals surface area contributed by atoms with Gasteiger partial charge in [0.15, 0.2) is 6.61 Å². The van der Waals surface area contributed by atoms with Gasteiger partial charge in [-0.15, -0.1) is 0 Å². The standard InChI is InChI=1S/C18H22N2O4S/c1-13-6-5-7-15(10-13)19-18(21)12-24-17-9-8-16(11-14(17)2)25(22,23)20(3)4/h5-11H,12H2,1-4H3,(H,19,21). The Kier molecular flexibility index (Phi) is 5.81. The topological polar surface area (TPSA) is 75.7 Å². The van der Waals surface area contributed by atoms with Crippen molar-refractivity contribution in [1.82, 2.24) is 4.31 Å². The molecular formula is C18H22N2O4S. The molecule has 0 unspecified atom stereocenters. The van der Waals surface area contributed by atoms with E-state index < -0.39 is 10.0 Å². The number of anilines is 1. The number of amides is 1. The van der Waals surface area contributed by atoms with Crippen LogP contribution < -0.4 is 10.1 Å². The van der Waals surface area contributed by atoms with Gasteiger partial charge in [-0.25, -0.2) is 12.7 Å². The van der Waals surface area contributed by atoms with Crippen molar-refractivity contribution in [2.45, 2.75) is 18.7 Å². The molecule has 0 radical (unpaired) electrons. The Morgan fingerprint density at radius 3 is 2.44 bits per heavy atom. The summed E-state index contributed by atoms with van der Waals surface area (Å²) in [7, 11) is -0.540. The van der Waals surface area contributed by atoms with E-state index in [1.54, 1.807) is 19.1 Å². The Morgan fingerprint density at radius 1 is 1.12 bits per heavy atom. The number of benzene rings is 2. The maximum atomic E-state index is 12.1. The molecule has 2 aromatic rings. The largest absolute Gasteiger partial charge is 0.483 e. The minimum atomic E-state index is -3.49. The van der Waals surface area contributed by atoms with Gasteiger partial charge in [0.1, 0.15) is 5.75 Å². The van der Waals surface area contributed by atoms with E-state index in [9.17, 15) is 13.2 Å². The summed E-state index contributed by atoms with van der Waals surface area (Å²) in [6.45, 7) is 3.52. The van der Waals surface area contributed by atoms with Crippen LogP contribution in [0.1, 0.15) is 11.1 Å².